The number of hydrogen-bond acceptors (Lipinski definition) is 3. The summed E-state index contributed by atoms with van der Waals surface area (Å²) in [6, 6.07) is 0. The molecular formula is C36H64O3. The molecule has 0 amide bonds. The van der Waals surface area contributed by atoms with Crippen molar-refractivity contribution in [2.45, 2.75) is 145 Å². The third-order valence-corrected chi connectivity index (χ3v) is 7.87. The van der Waals surface area contributed by atoms with Gasteiger partial charge in [-0.3, -0.25) is 4.79 Å². The summed E-state index contributed by atoms with van der Waals surface area (Å²) in [5.41, 5.74) is 3.28. The highest BCUT2D eigenvalue weighted by molar-refractivity contribution is 5.76. The minimum atomic E-state index is -0.378. The fourth-order valence-electron chi connectivity index (χ4n) is 5.27. The number of unbranched alkanes of at least 4 members (excludes halogenated alkanes) is 7. The number of hydrogen-bond donors (Lipinski definition) is 1. The van der Waals surface area contributed by atoms with Gasteiger partial charge in [-0.05, 0) is 77.2 Å². The number of carbonyl (C=O) groups excluding carboxylic acids is 1. The summed E-state index contributed by atoms with van der Waals surface area (Å²) in [6.45, 7) is 15.3. The van der Waals surface area contributed by atoms with Gasteiger partial charge in [0.05, 0.1) is 12.5 Å². The molecule has 1 N–H and O–H groups in total. The molecule has 0 fully saturated rings. The molecule has 3 atom stereocenters. The van der Waals surface area contributed by atoms with Gasteiger partial charge in [0.1, 0.15) is 6.61 Å². The predicted octanol–water partition coefficient (Wildman–Crippen LogP) is 10.7. The van der Waals surface area contributed by atoms with E-state index >= 15 is 0 Å². The average molecular weight is 545 g/mol. The van der Waals surface area contributed by atoms with Gasteiger partial charge in [0.2, 0.25) is 0 Å². The SMILES string of the molecule is CC=CCCC=CCOC(=O)C(C(CO)=C(C)CCC=C(C)C)C(C)CCCC(C)CCCCCCCCC. The van der Waals surface area contributed by atoms with Gasteiger partial charge in [-0.25, -0.2) is 0 Å². The van der Waals surface area contributed by atoms with Crippen molar-refractivity contribution in [2.24, 2.45) is 17.8 Å². The van der Waals surface area contributed by atoms with E-state index in [2.05, 4.69) is 65.8 Å². The summed E-state index contributed by atoms with van der Waals surface area (Å²) >= 11 is 0. The van der Waals surface area contributed by atoms with Crippen LogP contribution >= 0.6 is 0 Å². The largest absolute Gasteiger partial charge is 0.461 e. The lowest BCUT2D eigenvalue weighted by Crippen LogP contribution is -2.29. The molecule has 0 aliphatic carbocycles. The van der Waals surface area contributed by atoms with E-state index in [4.69, 9.17) is 4.74 Å². The minimum Gasteiger partial charge on any atom is -0.461 e. The van der Waals surface area contributed by atoms with Gasteiger partial charge < -0.3 is 9.84 Å². The Bertz CT molecular complexity index is 724. The second kappa shape index (κ2) is 25.4. The molecule has 3 nitrogen and oxygen atoms in total. The van der Waals surface area contributed by atoms with E-state index in [9.17, 15) is 9.90 Å². The maximum atomic E-state index is 13.3. The van der Waals surface area contributed by atoms with Crippen LogP contribution in [0.25, 0.3) is 0 Å². The van der Waals surface area contributed by atoms with Gasteiger partial charge in [0.15, 0.2) is 0 Å². The maximum absolute atomic E-state index is 13.3. The summed E-state index contributed by atoms with van der Waals surface area (Å²) in [7, 11) is 0. The van der Waals surface area contributed by atoms with Gasteiger partial charge >= 0.3 is 5.97 Å². The molecule has 226 valence electrons. The molecule has 0 aromatic heterocycles. The lowest BCUT2D eigenvalue weighted by atomic mass is 9.80. The first kappa shape index (κ1) is 37.4. The first-order valence-corrected chi connectivity index (χ1v) is 16.1. The van der Waals surface area contributed by atoms with Crippen LogP contribution in [-0.4, -0.2) is 24.3 Å². The van der Waals surface area contributed by atoms with Crippen molar-refractivity contribution < 1.29 is 14.6 Å². The first-order valence-electron chi connectivity index (χ1n) is 16.1. The zero-order valence-corrected chi connectivity index (χ0v) is 26.9. The molecule has 0 heterocycles. The van der Waals surface area contributed by atoms with Crippen molar-refractivity contribution in [3.05, 3.63) is 47.1 Å². The third kappa shape index (κ3) is 20.0. The van der Waals surface area contributed by atoms with Crippen LogP contribution in [0.2, 0.25) is 0 Å². The maximum Gasteiger partial charge on any atom is 0.313 e. The molecule has 0 radical (unpaired) electrons. The summed E-state index contributed by atoms with van der Waals surface area (Å²) in [4.78, 5) is 13.3. The number of aliphatic hydroxyl groups is 1. The van der Waals surface area contributed by atoms with Gasteiger partial charge in [-0.1, -0.05) is 127 Å². The van der Waals surface area contributed by atoms with E-state index in [0.29, 0.717) is 6.61 Å². The molecule has 39 heavy (non-hydrogen) atoms. The molecule has 0 aromatic rings. The molecule has 3 unspecified atom stereocenters. The van der Waals surface area contributed by atoms with Crippen LogP contribution < -0.4 is 0 Å². The molecular weight excluding hydrogens is 480 g/mol. The summed E-state index contributed by atoms with van der Waals surface area (Å²) < 4.78 is 5.73. The van der Waals surface area contributed by atoms with E-state index in [0.717, 1.165) is 55.6 Å². The van der Waals surface area contributed by atoms with Crippen LogP contribution in [0.1, 0.15) is 145 Å². The van der Waals surface area contributed by atoms with E-state index in [1.807, 2.05) is 13.0 Å². The van der Waals surface area contributed by atoms with E-state index in [1.165, 1.54) is 63.4 Å². The third-order valence-electron chi connectivity index (χ3n) is 7.87. The molecule has 0 saturated carbocycles. The first-order chi connectivity index (χ1) is 18.8. The Balaban J connectivity index is 5.05. The van der Waals surface area contributed by atoms with Crippen LogP contribution in [0.4, 0.5) is 0 Å². The predicted molar refractivity (Wildman–Crippen MR) is 171 cm³/mol. The number of ether oxygens (including phenoxy) is 1. The number of esters is 1. The van der Waals surface area contributed by atoms with Crippen molar-refractivity contribution in [1.29, 1.82) is 0 Å². The van der Waals surface area contributed by atoms with Crippen LogP contribution in [-0.2, 0) is 9.53 Å². The van der Waals surface area contributed by atoms with Crippen LogP contribution in [0.3, 0.4) is 0 Å². The highest BCUT2D eigenvalue weighted by Crippen LogP contribution is 2.31. The zero-order valence-electron chi connectivity index (χ0n) is 26.9. The topological polar surface area (TPSA) is 46.5 Å². The summed E-state index contributed by atoms with van der Waals surface area (Å²) in [5, 5.41) is 10.4. The Kier molecular flexibility index (Phi) is 24.3. The van der Waals surface area contributed by atoms with Crippen molar-refractivity contribution in [3.63, 3.8) is 0 Å². The smallest absolute Gasteiger partial charge is 0.313 e. The van der Waals surface area contributed by atoms with Crippen LogP contribution in [0.5, 0.6) is 0 Å². The fraction of sp³-hybridized carbons (Fsp3) is 0.750. The number of aliphatic hydroxyl groups excluding tert-OH is 1. The summed E-state index contributed by atoms with van der Waals surface area (Å²) in [5.74, 6) is 0.297. The van der Waals surface area contributed by atoms with Crippen molar-refractivity contribution in [1.82, 2.24) is 0 Å². The molecule has 0 spiro atoms. The Morgan fingerprint density at radius 3 is 2.10 bits per heavy atom. The summed E-state index contributed by atoms with van der Waals surface area (Å²) in [6.07, 6.45) is 28.3. The highest BCUT2D eigenvalue weighted by Gasteiger charge is 2.31. The van der Waals surface area contributed by atoms with Gasteiger partial charge in [-0.15, -0.1) is 0 Å². The zero-order chi connectivity index (χ0) is 29.3. The number of carbonyl (C=O) groups is 1. The Labute approximate surface area is 243 Å². The molecule has 0 aliphatic heterocycles. The molecule has 0 bridgehead atoms. The van der Waals surface area contributed by atoms with Gasteiger partial charge in [-0.2, -0.15) is 0 Å². The number of rotatable bonds is 24. The highest BCUT2D eigenvalue weighted by atomic mass is 16.5. The lowest BCUT2D eigenvalue weighted by molar-refractivity contribution is -0.147. The Morgan fingerprint density at radius 2 is 1.46 bits per heavy atom. The van der Waals surface area contributed by atoms with Crippen molar-refractivity contribution in [2.75, 3.05) is 13.2 Å². The molecule has 0 aliphatic rings. The van der Waals surface area contributed by atoms with Crippen molar-refractivity contribution in [3.8, 4) is 0 Å². The normalized spacial score (nSPS) is 14.9. The van der Waals surface area contributed by atoms with Crippen LogP contribution in [0, 0.1) is 17.8 Å². The molecule has 3 heteroatoms. The lowest BCUT2D eigenvalue weighted by Gasteiger charge is -2.26. The quantitative estimate of drug-likeness (QED) is 0.0746. The number of allylic oxidation sites excluding steroid dienone is 6. The Morgan fingerprint density at radius 1 is 0.821 bits per heavy atom. The Hall–Kier alpha value is -1.61. The standard InChI is InChI=1S/C36H64O3/c1-8-10-12-14-16-17-19-24-31(5)25-22-27-33(7)35(34(29-37)32(6)26-21-23-30(3)4)36(38)39-28-20-18-15-13-11-9-2/h9,11,18,20,23,31,33,35,37H,8,10,12-17,19,21-22,24-29H2,1-7H3. The van der Waals surface area contributed by atoms with Crippen LogP contribution in [0.15, 0.2) is 47.1 Å². The molecule has 0 aromatic carbocycles. The molecule has 0 rings (SSSR count). The molecule has 0 saturated heterocycles. The van der Waals surface area contributed by atoms with Gasteiger partial charge in [0, 0.05) is 0 Å². The average Bonchev–Trinajstić information content (AvgIpc) is 2.90. The van der Waals surface area contributed by atoms with E-state index in [-0.39, 0.29) is 24.4 Å². The van der Waals surface area contributed by atoms with Gasteiger partial charge in [0.25, 0.3) is 0 Å². The van der Waals surface area contributed by atoms with Crippen molar-refractivity contribution >= 4 is 5.97 Å². The minimum absolute atomic E-state index is 0.0847. The van der Waals surface area contributed by atoms with E-state index < -0.39 is 0 Å². The fourth-order valence-corrected chi connectivity index (χ4v) is 5.27. The second-order valence-corrected chi connectivity index (χ2v) is 11.9. The van der Waals surface area contributed by atoms with E-state index in [1.54, 1.807) is 0 Å². The second-order valence-electron chi connectivity index (χ2n) is 11.9. The monoisotopic (exact) mass is 544 g/mol.